The molecule has 1 aliphatic heterocycles. The van der Waals surface area contributed by atoms with Crippen molar-refractivity contribution < 1.29 is 0 Å². The maximum atomic E-state index is 5.72. The Morgan fingerprint density at radius 1 is 1.71 bits per heavy atom. The summed E-state index contributed by atoms with van der Waals surface area (Å²) in [6, 6.07) is 0. The lowest BCUT2D eigenvalue weighted by atomic mass is 9.71. The van der Waals surface area contributed by atoms with Gasteiger partial charge in [-0.2, -0.15) is 11.8 Å². The molecule has 0 nitrogen and oxygen atoms in total. The van der Waals surface area contributed by atoms with E-state index in [2.05, 4.69) is 13.8 Å². The number of rotatable bonds is 1. The molecule has 0 bridgehead atoms. The fourth-order valence-electron chi connectivity index (χ4n) is 0.478. The van der Waals surface area contributed by atoms with E-state index in [-0.39, 0.29) is 5.31 Å². The molecule has 0 aromatic rings. The van der Waals surface area contributed by atoms with E-state index in [9.17, 15) is 0 Å². The molecule has 1 fully saturated rings. The zero-order valence-electron chi connectivity index (χ0n) is 4.77. The second-order valence-electron chi connectivity index (χ2n) is 2.64. The van der Waals surface area contributed by atoms with Gasteiger partial charge >= 0.3 is 0 Å². The van der Waals surface area contributed by atoms with E-state index < -0.39 is 0 Å². The van der Waals surface area contributed by atoms with Crippen LogP contribution in [0.2, 0.25) is 5.31 Å². The van der Waals surface area contributed by atoms with Crippen LogP contribution in [-0.2, 0) is 0 Å². The van der Waals surface area contributed by atoms with E-state index in [0.717, 1.165) is 5.25 Å². The third-order valence-electron chi connectivity index (χ3n) is 1.16. The third kappa shape index (κ3) is 1.41. The van der Waals surface area contributed by atoms with Gasteiger partial charge in [0.1, 0.15) is 0 Å². The highest BCUT2D eigenvalue weighted by Gasteiger charge is 2.33. The number of thioether (sulfide) groups is 1. The molecule has 0 aliphatic carbocycles. The molecule has 2 heteroatoms. The fourth-order valence-corrected chi connectivity index (χ4v) is 1.43. The first-order valence-electron chi connectivity index (χ1n) is 2.51. The van der Waals surface area contributed by atoms with Crippen LogP contribution in [0.5, 0.6) is 0 Å². The third-order valence-corrected chi connectivity index (χ3v) is 2.44. The van der Waals surface area contributed by atoms with E-state index in [0.29, 0.717) is 0 Å². The van der Waals surface area contributed by atoms with Crippen molar-refractivity contribution >= 4 is 19.6 Å². The summed E-state index contributed by atoms with van der Waals surface area (Å²) >= 11 is 1.95. The fraction of sp³-hybridized carbons (Fsp3) is 1.00. The Bertz CT molecular complexity index is 70.6. The average Bonchev–Trinajstić information content (AvgIpc) is 1.99. The van der Waals surface area contributed by atoms with Crippen molar-refractivity contribution in [2.75, 3.05) is 5.75 Å². The molecule has 2 radical (unpaired) electrons. The van der Waals surface area contributed by atoms with Crippen molar-refractivity contribution in [1.29, 1.82) is 0 Å². The molecule has 1 unspecified atom stereocenters. The highest BCUT2D eigenvalue weighted by atomic mass is 32.2. The zero-order valence-corrected chi connectivity index (χ0v) is 5.59. The summed E-state index contributed by atoms with van der Waals surface area (Å²) in [5.74, 6) is 1.27. The van der Waals surface area contributed by atoms with Crippen molar-refractivity contribution in [2.24, 2.45) is 0 Å². The minimum atomic E-state index is 0.0741. The van der Waals surface area contributed by atoms with Crippen molar-refractivity contribution in [3.05, 3.63) is 0 Å². The summed E-state index contributed by atoms with van der Waals surface area (Å²) in [5.41, 5.74) is 0. The van der Waals surface area contributed by atoms with Crippen LogP contribution in [0.25, 0.3) is 0 Å². The lowest BCUT2D eigenvalue weighted by Gasteiger charge is -2.14. The Kier molecular flexibility index (Phi) is 1.14. The standard InChI is InChI=1S/C5H9BS/c1-5(2,6)4-3-7-4/h4H,3H2,1-2H3. The summed E-state index contributed by atoms with van der Waals surface area (Å²) in [6.45, 7) is 4.16. The average molecular weight is 112 g/mol. The quantitative estimate of drug-likeness (QED) is 0.365. The maximum absolute atomic E-state index is 5.72. The van der Waals surface area contributed by atoms with Gasteiger partial charge in [0, 0.05) is 11.0 Å². The van der Waals surface area contributed by atoms with Crippen molar-refractivity contribution in [3.8, 4) is 0 Å². The van der Waals surface area contributed by atoms with Crippen LogP contribution in [0, 0.1) is 0 Å². The second kappa shape index (κ2) is 1.44. The van der Waals surface area contributed by atoms with Gasteiger partial charge in [0.25, 0.3) is 0 Å². The molecule has 1 heterocycles. The second-order valence-corrected chi connectivity index (χ2v) is 3.88. The molecule has 0 aromatic carbocycles. The van der Waals surface area contributed by atoms with Crippen LogP contribution in [0.4, 0.5) is 0 Å². The van der Waals surface area contributed by atoms with Crippen molar-refractivity contribution in [3.63, 3.8) is 0 Å². The van der Waals surface area contributed by atoms with Gasteiger partial charge in [-0.3, -0.25) is 0 Å². The first kappa shape index (κ1) is 5.55. The van der Waals surface area contributed by atoms with Crippen LogP contribution in [0.3, 0.4) is 0 Å². The summed E-state index contributed by atoms with van der Waals surface area (Å²) in [6.07, 6.45) is 0. The Morgan fingerprint density at radius 3 is 2.14 bits per heavy atom. The van der Waals surface area contributed by atoms with Crippen LogP contribution in [0.15, 0.2) is 0 Å². The predicted octanol–water partition coefficient (Wildman–Crippen LogP) is 1.47. The van der Waals surface area contributed by atoms with E-state index >= 15 is 0 Å². The molecule has 1 saturated heterocycles. The van der Waals surface area contributed by atoms with Crippen LogP contribution < -0.4 is 0 Å². The summed E-state index contributed by atoms with van der Waals surface area (Å²) < 4.78 is 0. The van der Waals surface area contributed by atoms with Gasteiger partial charge in [-0.05, 0) is 0 Å². The molecular weight excluding hydrogens is 103 g/mol. The predicted molar refractivity (Wildman–Crippen MR) is 36.0 cm³/mol. The zero-order chi connectivity index (χ0) is 5.49. The molecule has 1 aliphatic rings. The molecule has 7 heavy (non-hydrogen) atoms. The molecule has 0 aromatic heterocycles. The van der Waals surface area contributed by atoms with E-state index in [1.807, 2.05) is 11.8 Å². The highest BCUT2D eigenvalue weighted by molar-refractivity contribution is 8.07. The van der Waals surface area contributed by atoms with E-state index in [4.69, 9.17) is 7.85 Å². The molecule has 0 N–H and O–H groups in total. The van der Waals surface area contributed by atoms with Gasteiger partial charge in [-0.1, -0.05) is 19.2 Å². The largest absolute Gasteiger partial charge is 0.157 e. The highest BCUT2D eigenvalue weighted by Crippen LogP contribution is 2.46. The normalized spacial score (nSPS) is 30.3. The summed E-state index contributed by atoms with van der Waals surface area (Å²) in [5, 5.41) is 0.817. The number of hydrogen-bond acceptors (Lipinski definition) is 1. The van der Waals surface area contributed by atoms with E-state index in [1.54, 1.807) is 0 Å². The monoisotopic (exact) mass is 112 g/mol. The maximum Gasteiger partial charge on any atom is 0.0754 e. The van der Waals surface area contributed by atoms with Gasteiger partial charge in [-0.25, -0.2) is 0 Å². The molecular formula is C5H9BS. The smallest absolute Gasteiger partial charge is 0.0754 e. The molecule has 0 spiro atoms. The lowest BCUT2D eigenvalue weighted by molar-refractivity contribution is 0.710. The summed E-state index contributed by atoms with van der Waals surface area (Å²) in [4.78, 5) is 0. The first-order chi connectivity index (χ1) is 3.11. The first-order valence-corrected chi connectivity index (χ1v) is 3.56. The minimum absolute atomic E-state index is 0.0741. The molecule has 0 amide bonds. The van der Waals surface area contributed by atoms with Crippen LogP contribution in [-0.4, -0.2) is 18.8 Å². The summed E-state index contributed by atoms with van der Waals surface area (Å²) in [7, 11) is 5.72. The molecule has 0 saturated carbocycles. The Labute approximate surface area is 50.5 Å². The van der Waals surface area contributed by atoms with E-state index in [1.165, 1.54) is 5.75 Å². The van der Waals surface area contributed by atoms with Crippen LogP contribution >= 0.6 is 11.8 Å². The molecule has 1 rings (SSSR count). The van der Waals surface area contributed by atoms with Gasteiger partial charge in [0.15, 0.2) is 0 Å². The van der Waals surface area contributed by atoms with Gasteiger partial charge in [-0.15, -0.1) is 0 Å². The van der Waals surface area contributed by atoms with Gasteiger partial charge in [0.05, 0.1) is 7.85 Å². The topological polar surface area (TPSA) is 0 Å². The SMILES string of the molecule is [B]C(C)(C)C1CS1. The lowest BCUT2D eigenvalue weighted by Crippen LogP contribution is -2.08. The number of hydrogen-bond donors (Lipinski definition) is 0. The minimum Gasteiger partial charge on any atom is -0.157 e. The van der Waals surface area contributed by atoms with Crippen LogP contribution in [0.1, 0.15) is 13.8 Å². The molecule has 38 valence electrons. The van der Waals surface area contributed by atoms with Gasteiger partial charge < -0.3 is 0 Å². The van der Waals surface area contributed by atoms with Gasteiger partial charge in [0.2, 0.25) is 0 Å². The Morgan fingerprint density at radius 2 is 2.14 bits per heavy atom. The Hall–Kier alpha value is 0.415. The molecule has 1 atom stereocenters. The van der Waals surface area contributed by atoms with Crippen molar-refractivity contribution in [2.45, 2.75) is 24.4 Å². The Balaban J connectivity index is 2.36. The van der Waals surface area contributed by atoms with Crippen molar-refractivity contribution in [1.82, 2.24) is 0 Å².